The highest BCUT2D eigenvalue weighted by Crippen LogP contribution is 2.32. The van der Waals surface area contributed by atoms with Crippen molar-refractivity contribution in [2.45, 2.75) is 32.7 Å². The van der Waals surface area contributed by atoms with E-state index in [0.29, 0.717) is 5.92 Å². The Balaban J connectivity index is 2.40. The SMILES string of the molecule is CCS(=O)(=O)NC(C)C1CC1. The van der Waals surface area contributed by atoms with Crippen LogP contribution in [0, 0.1) is 5.92 Å². The molecule has 1 unspecified atom stereocenters. The molecule has 0 spiro atoms. The number of rotatable bonds is 4. The van der Waals surface area contributed by atoms with Gasteiger partial charge in [-0.3, -0.25) is 0 Å². The fourth-order valence-electron chi connectivity index (χ4n) is 1.06. The van der Waals surface area contributed by atoms with Gasteiger partial charge in [0.15, 0.2) is 0 Å². The number of hydrogen-bond acceptors (Lipinski definition) is 2. The predicted molar refractivity (Wildman–Crippen MR) is 44.8 cm³/mol. The molecule has 0 aliphatic heterocycles. The molecule has 1 saturated carbocycles. The summed E-state index contributed by atoms with van der Waals surface area (Å²) in [7, 11) is -2.97. The molecule has 1 aliphatic rings. The number of hydrogen-bond donors (Lipinski definition) is 1. The summed E-state index contributed by atoms with van der Waals surface area (Å²) in [4.78, 5) is 0. The van der Waals surface area contributed by atoms with Crippen molar-refractivity contribution < 1.29 is 8.42 Å². The lowest BCUT2D eigenvalue weighted by Crippen LogP contribution is -2.34. The Labute approximate surface area is 68.2 Å². The third-order valence-corrected chi connectivity index (χ3v) is 3.57. The zero-order chi connectivity index (χ0) is 8.48. The molecule has 1 fully saturated rings. The second-order valence-electron chi connectivity index (χ2n) is 3.15. The molecule has 0 heterocycles. The summed E-state index contributed by atoms with van der Waals surface area (Å²) in [5.41, 5.74) is 0. The predicted octanol–water partition coefficient (Wildman–Crippen LogP) is 0.724. The Hall–Kier alpha value is -0.0900. The summed E-state index contributed by atoms with van der Waals surface area (Å²) < 4.78 is 24.7. The van der Waals surface area contributed by atoms with Gasteiger partial charge in [0, 0.05) is 6.04 Å². The summed E-state index contributed by atoms with van der Waals surface area (Å²) in [6.45, 7) is 3.59. The fourth-order valence-corrected chi connectivity index (χ4v) is 1.98. The van der Waals surface area contributed by atoms with Crippen molar-refractivity contribution in [2.24, 2.45) is 5.92 Å². The monoisotopic (exact) mass is 177 g/mol. The minimum absolute atomic E-state index is 0.139. The van der Waals surface area contributed by atoms with Crippen LogP contribution < -0.4 is 4.72 Å². The average molecular weight is 177 g/mol. The lowest BCUT2D eigenvalue weighted by Gasteiger charge is -2.11. The minimum atomic E-state index is -2.97. The van der Waals surface area contributed by atoms with Crippen LogP contribution in [-0.2, 0) is 10.0 Å². The molecule has 0 aromatic heterocycles. The van der Waals surface area contributed by atoms with E-state index in [4.69, 9.17) is 0 Å². The van der Waals surface area contributed by atoms with Crippen molar-refractivity contribution in [3.05, 3.63) is 0 Å². The van der Waals surface area contributed by atoms with Crippen molar-refractivity contribution in [1.82, 2.24) is 4.72 Å². The van der Waals surface area contributed by atoms with E-state index in [1.54, 1.807) is 6.92 Å². The van der Waals surface area contributed by atoms with Crippen molar-refractivity contribution in [3.63, 3.8) is 0 Å². The second-order valence-corrected chi connectivity index (χ2v) is 5.19. The summed E-state index contributed by atoms with van der Waals surface area (Å²) in [6.07, 6.45) is 2.35. The van der Waals surface area contributed by atoms with Crippen LogP contribution in [0.3, 0.4) is 0 Å². The Morgan fingerprint density at radius 2 is 2.09 bits per heavy atom. The summed E-state index contributed by atoms with van der Waals surface area (Å²) in [5, 5.41) is 0. The highest BCUT2D eigenvalue weighted by molar-refractivity contribution is 7.89. The molecule has 0 bridgehead atoms. The normalized spacial score (nSPS) is 21.6. The van der Waals surface area contributed by atoms with Crippen LogP contribution in [-0.4, -0.2) is 20.2 Å². The van der Waals surface area contributed by atoms with E-state index in [1.807, 2.05) is 6.92 Å². The van der Waals surface area contributed by atoms with Crippen molar-refractivity contribution in [3.8, 4) is 0 Å². The van der Waals surface area contributed by atoms with Crippen LogP contribution in [0.2, 0.25) is 0 Å². The van der Waals surface area contributed by atoms with Crippen LogP contribution in [0.15, 0.2) is 0 Å². The molecule has 0 radical (unpaired) electrons. The standard InChI is InChI=1S/C7H15NO2S/c1-3-11(9,10)8-6(2)7-4-5-7/h6-8H,3-5H2,1-2H3. The molecule has 0 aromatic rings. The van der Waals surface area contributed by atoms with Gasteiger partial charge >= 0.3 is 0 Å². The van der Waals surface area contributed by atoms with Gasteiger partial charge in [-0.15, -0.1) is 0 Å². The van der Waals surface area contributed by atoms with Gasteiger partial charge in [0.25, 0.3) is 0 Å². The molecule has 1 aliphatic carbocycles. The topological polar surface area (TPSA) is 46.2 Å². The van der Waals surface area contributed by atoms with Gasteiger partial charge in [0.1, 0.15) is 0 Å². The van der Waals surface area contributed by atoms with Crippen LogP contribution in [0.4, 0.5) is 0 Å². The minimum Gasteiger partial charge on any atom is -0.212 e. The van der Waals surface area contributed by atoms with E-state index in [-0.39, 0.29) is 11.8 Å². The maximum absolute atomic E-state index is 11.0. The summed E-state index contributed by atoms with van der Waals surface area (Å²) in [5.74, 6) is 0.778. The van der Waals surface area contributed by atoms with Crippen molar-refractivity contribution in [1.29, 1.82) is 0 Å². The number of sulfonamides is 1. The first-order chi connectivity index (χ1) is 5.05. The molecule has 1 atom stereocenters. The van der Waals surface area contributed by atoms with E-state index in [1.165, 1.54) is 12.8 Å². The Morgan fingerprint density at radius 3 is 2.45 bits per heavy atom. The molecule has 4 heteroatoms. The Morgan fingerprint density at radius 1 is 1.55 bits per heavy atom. The molecular formula is C7H15NO2S. The first-order valence-corrected chi connectivity index (χ1v) is 5.70. The first-order valence-electron chi connectivity index (χ1n) is 4.05. The molecular weight excluding hydrogens is 162 g/mol. The lowest BCUT2D eigenvalue weighted by atomic mass is 10.2. The highest BCUT2D eigenvalue weighted by atomic mass is 32.2. The van der Waals surface area contributed by atoms with Gasteiger partial charge in [0.05, 0.1) is 5.75 Å². The van der Waals surface area contributed by atoms with Gasteiger partial charge in [-0.1, -0.05) is 0 Å². The van der Waals surface area contributed by atoms with E-state index in [0.717, 1.165) is 0 Å². The van der Waals surface area contributed by atoms with Gasteiger partial charge in [-0.25, -0.2) is 13.1 Å². The molecule has 3 nitrogen and oxygen atoms in total. The molecule has 11 heavy (non-hydrogen) atoms. The zero-order valence-electron chi connectivity index (χ0n) is 7.00. The second kappa shape index (κ2) is 3.11. The van der Waals surface area contributed by atoms with Gasteiger partial charge < -0.3 is 0 Å². The molecule has 66 valence electrons. The average Bonchev–Trinajstić information content (AvgIpc) is 2.67. The van der Waals surface area contributed by atoms with Crippen LogP contribution in [0.5, 0.6) is 0 Å². The van der Waals surface area contributed by atoms with E-state index in [2.05, 4.69) is 4.72 Å². The highest BCUT2D eigenvalue weighted by Gasteiger charge is 2.29. The number of nitrogens with one attached hydrogen (secondary N) is 1. The zero-order valence-corrected chi connectivity index (χ0v) is 7.82. The summed E-state index contributed by atoms with van der Waals surface area (Å²) >= 11 is 0. The maximum atomic E-state index is 11.0. The Bertz CT molecular complexity index is 219. The fraction of sp³-hybridized carbons (Fsp3) is 1.00. The van der Waals surface area contributed by atoms with Crippen LogP contribution in [0.1, 0.15) is 26.7 Å². The van der Waals surface area contributed by atoms with Crippen molar-refractivity contribution >= 4 is 10.0 Å². The summed E-state index contributed by atoms with van der Waals surface area (Å²) in [6, 6.07) is 0.139. The van der Waals surface area contributed by atoms with Crippen LogP contribution >= 0.6 is 0 Å². The largest absolute Gasteiger partial charge is 0.212 e. The van der Waals surface area contributed by atoms with E-state index >= 15 is 0 Å². The Kier molecular flexibility index (Phi) is 2.54. The molecule has 0 aromatic carbocycles. The molecule has 0 saturated heterocycles. The van der Waals surface area contributed by atoms with E-state index < -0.39 is 10.0 Å². The van der Waals surface area contributed by atoms with Gasteiger partial charge in [-0.2, -0.15) is 0 Å². The lowest BCUT2D eigenvalue weighted by molar-refractivity contribution is 0.539. The van der Waals surface area contributed by atoms with Crippen molar-refractivity contribution in [2.75, 3.05) is 5.75 Å². The van der Waals surface area contributed by atoms with Gasteiger partial charge in [-0.05, 0) is 32.6 Å². The third-order valence-electron chi connectivity index (χ3n) is 2.07. The van der Waals surface area contributed by atoms with E-state index in [9.17, 15) is 8.42 Å². The molecule has 0 amide bonds. The third kappa shape index (κ3) is 2.79. The molecule has 1 rings (SSSR count). The maximum Gasteiger partial charge on any atom is 0.211 e. The first kappa shape index (κ1) is 9.00. The molecule has 1 N–H and O–H groups in total. The smallest absolute Gasteiger partial charge is 0.211 e. The van der Waals surface area contributed by atoms with Gasteiger partial charge in [0.2, 0.25) is 10.0 Å². The quantitative estimate of drug-likeness (QED) is 0.688. The van der Waals surface area contributed by atoms with Crippen LogP contribution in [0.25, 0.3) is 0 Å².